The van der Waals surface area contributed by atoms with Crippen LogP contribution in [0.2, 0.25) is 0 Å². The van der Waals surface area contributed by atoms with Crippen molar-refractivity contribution in [3.05, 3.63) is 65.0 Å². The maximum absolute atomic E-state index is 14.3. The van der Waals surface area contributed by atoms with E-state index in [1.807, 2.05) is 30.8 Å². The number of likely N-dealkylation sites (N-methyl/N-ethyl adjacent to an activating group) is 1. The van der Waals surface area contributed by atoms with Crippen molar-refractivity contribution in [1.29, 1.82) is 0 Å². The van der Waals surface area contributed by atoms with Gasteiger partial charge in [0.25, 0.3) is 0 Å². The van der Waals surface area contributed by atoms with Crippen molar-refractivity contribution in [3.8, 4) is 0 Å². The van der Waals surface area contributed by atoms with Crippen LogP contribution in [0.1, 0.15) is 35.6 Å². The summed E-state index contributed by atoms with van der Waals surface area (Å²) in [7, 11) is 0. The zero-order valence-electron chi connectivity index (χ0n) is 12.4. The summed E-state index contributed by atoms with van der Waals surface area (Å²) < 4.78 is 14.3. The summed E-state index contributed by atoms with van der Waals surface area (Å²) in [5, 5.41) is 3.50. The third-order valence-corrected chi connectivity index (χ3v) is 5.26. The van der Waals surface area contributed by atoms with E-state index in [1.54, 1.807) is 6.07 Å². The van der Waals surface area contributed by atoms with Gasteiger partial charge < -0.3 is 5.32 Å². The summed E-state index contributed by atoms with van der Waals surface area (Å²) in [6.45, 7) is 4.93. The van der Waals surface area contributed by atoms with Crippen LogP contribution in [0.15, 0.2) is 47.4 Å². The van der Waals surface area contributed by atoms with Crippen LogP contribution >= 0.6 is 11.8 Å². The highest BCUT2D eigenvalue weighted by Gasteiger charge is 2.32. The Labute approximate surface area is 130 Å². The molecule has 2 aromatic rings. The Bertz CT molecular complexity index is 641. The van der Waals surface area contributed by atoms with Gasteiger partial charge in [0.1, 0.15) is 5.82 Å². The maximum Gasteiger partial charge on any atom is 0.128 e. The lowest BCUT2D eigenvalue weighted by Crippen LogP contribution is -2.28. The molecule has 2 aromatic carbocycles. The zero-order chi connectivity index (χ0) is 14.8. The minimum Gasteiger partial charge on any atom is -0.310 e. The van der Waals surface area contributed by atoms with Crippen LogP contribution in [0, 0.1) is 12.7 Å². The monoisotopic (exact) mass is 301 g/mol. The second-order valence-electron chi connectivity index (χ2n) is 5.52. The Morgan fingerprint density at radius 3 is 2.90 bits per heavy atom. The Morgan fingerprint density at radius 2 is 2.10 bits per heavy atom. The van der Waals surface area contributed by atoms with E-state index >= 15 is 0 Å². The van der Waals surface area contributed by atoms with Crippen molar-refractivity contribution in [2.45, 2.75) is 30.7 Å². The van der Waals surface area contributed by atoms with E-state index in [-0.39, 0.29) is 11.9 Å². The number of hydrogen-bond donors (Lipinski definition) is 1. The minimum atomic E-state index is -0.110. The van der Waals surface area contributed by atoms with Gasteiger partial charge in [0.05, 0.1) is 0 Å². The lowest BCUT2D eigenvalue weighted by atomic mass is 9.87. The summed E-state index contributed by atoms with van der Waals surface area (Å²) in [5.74, 6) is 1.22. The molecule has 1 aliphatic rings. The van der Waals surface area contributed by atoms with Gasteiger partial charge in [-0.2, -0.15) is 0 Å². The lowest BCUT2D eigenvalue weighted by molar-refractivity contribution is 0.460. The third kappa shape index (κ3) is 2.85. The number of aryl methyl sites for hydroxylation is 1. The number of fused-ring (bicyclic) bond motifs is 1. The van der Waals surface area contributed by atoms with Gasteiger partial charge in [-0.15, -0.1) is 11.8 Å². The molecule has 3 rings (SSSR count). The molecule has 1 nitrogen and oxygen atoms in total. The predicted octanol–water partition coefficient (Wildman–Crippen LogP) is 4.67. The summed E-state index contributed by atoms with van der Waals surface area (Å²) in [6, 6.07) is 13.9. The largest absolute Gasteiger partial charge is 0.310 e. The van der Waals surface area contributed by atoms with Gasteiger partial charge in [0.2, 0.25) is 0 Å². The normalized spacial score (nSPS) is 18.5. The second kappa shape index (κ2) is 6.20. The SMILES string of the molecule is CCNC(c1cc(C)ccc1F)C1CSc2ccccc21. The van der Waals surface area contributed by atoms with E-state index in [9.17, 15) is 4.39 Å². The number of thioether (sulfide) groups is 1. The van der Waals surface area contributed by atoms with E-state index in [0.717, 1.165) is 23.4 Å². The molecule has 21 heavy (non-hydrogen) atoms. The molecule has 1 aliphatic heterocycles. The van der Waals surface area contributed by atoms with E-state index in [2.05, 4.69) is 36.5 Å². The van der Waals surface area contributed by atoms with Crippen molar-refractivity contribution in [3.63, 3.8) is 0 Å². The molecule has 3 heteroatoms. The van der Waals surface area contributed by atoms with Crippen LogP contribution in [0.4, 0.5) is 4.39 Å². The van der Waals surface area contributed by atoms with Crippen LogP contribution in [0.3, 0.4) is 0 Å². The third-order valence-electron chi connectivity index (χ3n) is 4.05. The van der Waals surface area contributed by atoms with Crippen molar-refractivity contribution in [2.75, 3.05) is 12.3 Å². The second-order valence-corrected chi connectivity index (χ2v) is 6.58. The van der Waals surface area contributed by atoms with Gasteiger partial charge in [-0.3, -0.25) is 0 Å². The molecule has 0 saturated carbocycles. The number of nitrogens with one attached hydrogen (secondary N) is 1. The van der Waals surface area contributed by atoms with Crippen LogP contribution in [0.25, 0.3) is 0 Å². The molecule has 0 bridgehead atoms. The lowest BCUT2D eigenvalue weighted by Gasteiger charge is -2.26. The van der Waals surface area contributed by atoms with Crippen LogP contribution in [-0.2, 0) is 0 Å². The fourth-order valence-electron chi connectivity index (χ4n) is 3.05. The molecule has 2 unspecified atom stereocenters. The van der Waals surface area contributed by atoms with Crippen molar-refractivity contribution < 1.29 is 4.39 Å². The van der Waals surface area contributed by atoms with Gasteiger partial charge in [-0.05, 0) is 31.2 Å². The number of benzene rings is 2. The van der Waals surface area contributed by atoms with Gasteiger partial charge >= 0.3 is 0 Å². The number of rotatable bonds is 4. The highest BCUT2D eigenvalue weighted by Crippen LogP contribution is 2.45. The van der Waals surface area contributed by atoms with Crippen molar-refractivity contribution >= 4 is 11.8 Å². The first kappa shape index (κ1) is 14.6. The van der Waals surface area contributed by atoms with E-state index in [0.29, 0.717) is 5.92 Å². The average molecular weight is 301 g/mol. The molecular formula is C18H20FNS. The highest BCUT2D eigenvalue weighted by molar-refractivity contribution is 7.99. The quantitative estimate of drug-likeness (QED) is 0.880. The summed E-state index contributed by atoms with van der Waals surface area (Å²) in [4.78, 5) is 1.33. The number of halogens is 1. The fraction of sp³-hybridized carbons (Fsp3) is 0.333. The summed E-state index contributed by atoms with van der Waals surface area (Å²) in [6.07, 6.45) is 0. The standard InChI is InChI=1S/C18H20FNS/c1-3-20-18(14-10-12(2)8-9-16(14)19)15-11-21-17-7-5-4-6-13(15)17/h4-10,15,18,20H,3,11H2,1-2H3. The summed E-state index contributed by atoms with van der Waals surface area (Å²) >= 11 is 1.87. The molecule has 0 saturated heterocycles. The highest BCUT2D eigenvalue weighted by atomic mass is 32.2. The first-order valence-corrected chi connectivity index (χ1v) is 8.40. The van der Waals surface area contributed by atoms with Gasteiger partial charge in [-0.25, -0.2) is 4.39 Å². The molecule has 0 aliphatic carbocycles. The van der Waals surface area contributed by atoms with Gasteiger partial charge in [0.15, 0.2) is 0 Å². The van der Waals surface area contributed by atoms with Crippen molar-refractivity contribution in [2.24, 2.45) is 0 Å². The molecule has 0 fully saturated rings. The van der Waals surface area contributed by atoms with Crippen LogP contribution in [0.5, 0.6) is 0 Å². The topological polar surface area (TPSA) is 12.0 Å². The van der Waals surface area contributed by atoms with Gasteiger partial charge in [0, 0.05) is 28.2 Å². The van der Waals surface area contributed by atoms with E-state index in [1.165, 1.54) is 10.5 Å². The minimum absolute atomic E-state index is 0.0334. The van der Waals surface area contributed by atoms with E-state index < -0.39 is 0 Å². The van der Waals surface area contributed by atoms with Crippen LogP contribution in [-0.4, -0.2) is 12.3 Å². The molecule has 0 radical (unpaired) electrons. The molecule has 0 aromatic heterocycles. The Hall–Kier alpha value is -1.32. The predicted molar refractivity (Wildman–Crippen MR) is 87.5 cm³/mol. The molecule has 1 N–H and O–H groups in total. The number of hydrogen-bond acceptors (Lipinski definition) is 2. The Kier molecular flexibility index (Phi) is 4.32. The maximum atomic E-state index is 14.3. The fourth-order valence-corrected chi connectivity index (χ4v) is 4.35. The molecule has 110 valence electrons. The Morgan fingerprint density at radius 1 is 1.29 bits per heavy atom. The van der Waals surface area contributed by atoms with E-state index in [4.69, 9.17) is 0 Å². The first-order valence-electron chi connectivity index (χ1n) is 7.42. The average Bonchev–Trinajstić information content (AvgIpc) is 2.91. The van der Waals surface area contributed by atoms with Crippen LogP contribution < -0.4 is 5.32 Å². The van der Waals surface area contributed by atoms with Crippen molar-refractivity contribution in [1.82, 2.24) is 5.32 Å². The molecule has 0 spiro atoms. The molecule has 0 amide bonds. The van der Waals surface area contributed by atoms with Gasteiger partial charge in [-0.1, -0.05) is 42.8 Å². The zero-order valence-corrected chi connectivity index (χ0v) is 13.2. The Balaban J connectivity index is 2.01. The first-order chi connectivity index (χ1) is 10.2. The molecule has 1 heterocycles. The smallest absolute Gasteiger partial charge is 0.128 e. The molecular weight excluding hydrogens is 281 g/mol. The molecule has 2 atom stereocenters. The summed E-state index contributed by atoms with van der Waals surface area (Å²) in [5.41, 5.74) is 3.24.